The van der Waals surface area contributed by atoms with Crippen LogP contribution in [0.4, 0.5) is 5.69 Å². The molecule has 6 heteroatoms. The molecule has 0 saturated heterocycles. The van der Waals surface area contributed by atoms with Gasteiger partial charge in [0, 0.05) is 31.8 Å². The third-order valence-electron chi connectivity index (χ3n) is 2.59. The molecule has 0 aliphatic carbocycles. The van der Waals surface area contributed by atoms with E-state index in [1.165, 1.54) is 12.1 Å². The molecule has 1 unspecified atom stereocenters. The van der Waals surface area contributed by atoms with Crippen LogP contribution in [0.15, 0.2) is 24.3 Å². The van der Waals surface area contributed by atoms with Crippen LogP contribution in [0.25, 0.3) is 0 Å². The molecule has 0 radical (unpaired) electrons. The molecule has 0 spiro atoms. The number of nitrogens with zero attached hydrogens (tertiary/aromatic N) is 1. The lowest BCUT2D eigenvalue weighted by atomic mass is 10.2. The minimum Gasteiger partial charge on any atom is -0.389 e. The van der Waals surface area contributed by atoms with E-state index in [1.807, 2.05) is 19.9 Å². The molecule has 6 nitrogen and oxygen atoms in total. The molecule has 0 bridgehead atoms. The minimum absolute atomic E-state index is 0.0742. The highest BCUT2D eigenvalue weighted by Gasteiger charge is 2.07. The number of nitro benzene ring substituents is 1. The fourth-order valence-electron chi connectivity index (χ4n) is 1.66. The van der Waals surface area contributed by atoms with Gasteiger partial charge in [-0.3, -0.25) is 10.1 Å². The largest absolute Gasteiger partial charge is 0.389 e. The lowest BCUT2D eigenvalue weighted by molar-refractivity contribution is -0.384. The number of rotatable bonds is 9. The number of benzene rings is 1. The van der Waals surface area contributed by atoms with E-state index in [9.17, 15) is 15.2 Å². The Morgan fingerprint density at radius 3 is 2.80 bits per heavy atom. The molecule has 0 aliphatic heterocycles. The van der Waals surface area contributed by atoms with E-state index in [2.05, 4.69) is 5.32 Å². The minimum atomic E-state index is -0.576. The molecule has 2 N–H and O–H groups in total. The molecule has 0 aromatic heterocycles. The standard InChI is InChI=1S/C14H22N2O4/c1-11(2)9-20-10-14(17)8-15-7-12-4-3-5-13(6-12)16(18)19/h3-6,11,14-15,17H,7-10H2,1-2H3. The van der Waals surface area contributed by atoms with Crippen LogP contribution in [0.5, 0.6) is 0 Å². The molecular formula is C14H22N2O4. The van der Waals surface area contributed by atoms with Crippen LogP contribution in [-0.4, -0.2) is 35.9 Å². The average Bonchev–Trinajstić information content (AvgIpc) is 2.38. The van der Waals surface area contributed by atoms with Gasteiger partial charge in [-0.05, 0) is 11.5 Å². The Balaban J connectivity index is 2.26. The monoisotopic (exact) mass is 282 g/mol. The number of aliphatic hydroxyl groups is 1. The van der Waals surface area contributed by atoms with Crippen LogP contribution >= 0.6 is 0 Å². The molecule has 0 amide bonds. The lowest BCUT2D eigenvalue weighted by Gasteiger charge is -2.13. The first-order chi connectivity index (χ1) is 9.49. The average molecular weight is 282 g/mol. The summed E-state index contributed by atoms with van der Waals surface area (Å²) >= 11 is 0. The zero-order valence-electron chi connectivity index (χ0n) is 11.9. The highest BCUT2D eigenvalue weighted by atomic mass is 16.6. The number of hydrogen-bond donors (Lipinski definition) is 2. The van der Waals surface area contributed by atoms with Gasteiger partial charge < -0.3 is 15.2 Å². The van der Waals surface area contributed by atoms with Gasteiger partial charge in [-0.2, -0.15) is 0 Å². The third-order valence-corrected chi connectivity index (χ3v) is 2.59. The van der Waals surface area contributed by atoms with E-state index in [4.69, 9.17) is 4.74 Å². The van der Waals surface area contributed by atoms with Gasteiger partial charge in [-0.15, -0.1) is 0 Å². The summed E-state index contributed by atoms with van der Waals surface area (Å²) in [6.07, 6.45) is -0.576. The number of non-ortho nitro benzene ring substituents is 1. The molecule has 1 rings (SSSR count). The van der Waals surface area contributed by atoms with Crippen molar-refractivity contribution in [2.75, 3.05) is 19.8 Å². The highest BCUT2D eigenvalue weighted by molar-refractivity contribution is 5.34. The number of hydrogen-bond acceptors (Lipinski definition) is 5. The summed E-state index contributed by atoms with van der Waals surface area (Å²) in [6, 6.07) is 6.44. The number of nitro groups is 1. The maximum atomic E-state index is 10.6. The second-order valence-electron chi connectivity index (χ2n) is 5.14. The van der Waals surface area contributed by atoms with Gasteiger partial charge in [-0.25, -0.2) is 0 Å². The van der Waals surface area contributed by atoms with Crippen molar-refractivity contribution in [1.29, 1.82) is 0 Å². The summed E-state index contributed by atoms with van der Waals surface area (Å²) in [7, 11) is 0. The van der Waals surface area contributed by atoms with E-state index in [1.54, 1.807) is 6.07 Å². The van der Waals surface area contributed by atoms with Gasteiger partial charge in [0.1, 0.15) is 0 Å². The Labute approximate surface area is 118 Å². The van der Waals surface area contributed by atoms with Crippen molar-refractivity contribution >= 4 is 5.69 Å². The van der Waals surface area contributed by atoms with Gasteiger partial charge in [0.05, 0.1) is 17.6 Å². The van der Waals surface area contributed by atoms with E-state index in [0.717, 1.165) is 5.56 Å². The number of ether oxygens (including phenoxy) is 1. The molecule has 0 heterocycles. The molecule has 0 saturated carbocycles. The Morgan fingerprint density at radius 1 is 1.40 bits per heavy atom. The zero-order valence-corrected chi connectivity index (χ0v) is 11.9. The van der Waals surface area contributed by atoms with Crippen molar-refractivity contribution in [3.8, 4) is 0 Å². The predicted molar refractivity (Wildman–Crippen MR) is 76.5 cm³/mol. The van der Waals surface area contributed by atoms with Gasteiger partial charge in [0.15, 0.2) is 0 Å². The Kier molecular flexibility index (Phi) is 7.14. The van der Waals surface area contributed by atoms with Gasteiger partial charge in [0.2, 0.25) is 0 Å². The summed E-state index contributed by atoms with van der Waals surface area (Å²) in [5.74, 6) is 0.444. The summed E-state index contributed by atoms with van der Waals surface area (Å²) < 4.78 is 5.33. The summed E-state index contributed by atoms with van der Waals surface area (Å²) in [4.78, 5) is 10.2. The zero-order chi connectivity index (χ0) is 15.0. The topological polar surface area (TPSA) is 84.6 Å². The van der Waals surface area contributed by atoms with Crippen molar-refractivity contribution in [2.24, 2.45) is 5.92 Å². The van der Waals surface area contributed by atoms with Gasteiger partial charge in [-0.1, -0.05) is 26.0 Å². The predicted octanol–water partition coefficient (Wildman–Crippen LogP) is 1.72. The quantitative estimate of drug-likeness (QED) is 0.532. The van der Waals surface area contributed by atoms with Crippen LogP contribution < -0.4 is 5.32 Å². The summed E-state index contributed by atoms with van der Waals surface area (Å²) in [5, 5.41) is 23.4. The SMILES string of the molecule is CC(C)COCC(O)CNCc1cccc([N+](=O)[O-])c1. The van der Waals surface area contributed by atoms with Crippen LogP contribution in [-0.2, 0) is 11.3 Å². The fraction of sp³-hybridized carbons (Fsp3) is 0.571. The summed E-state index contributed by atoms with van der Waals surface area (Å²) in [5.41, 5.74) is 0.889. The third kappa shape index (κ3) is 6.60. The van der Waals surface area contributed by atoms with Crippen molar-refractivity contribution in [3.63, 3.8) is 0 Å². The first-order valence-electron chi connectivity index (χ1n) is 6.69. The van der Waals surface area contributed by atoms with Crippen molar-refractivity contribution in [2.45, 2.75) is 26.5 Å². The molecule has 0 fully saturated rings. The van der Waals surface area contributed by atoms with E-state index in [0.29, 0.717) is 32.2 Å². The molecular weight excluding hydrogens is 260 g/mol. The van der Waals surface area contributed by atoms with Crippen LogP contribution in [0, 0.1) is 16.0 Å². The second kappa shape index (κ2) is 8.63. The Morgan fingerprint density at radius 2 is 2.15 bits per heavy atom. The Bertz CT molecular complexity index is 423. The molecule has 1 aromatic carbocycles. The number of aliphatic hydroxyl groups excluding tert-OH is 1. The maximum absolute atomic E-state index is 10.6. The van der Waals surface area contributed by atoms with E-state index in [-0.39, 0.29) is 5.69 Å². The van der Waals surface area contributed by atoms with Crippen molar-refractivity contribution in [3.05, 3.63) is 39.9 Å². The van der Waals surface area contributed by atoms with E-state index < -0.39 is 11.0 Å². The van der Waals surface area contributed by atoms with Gasteiger partial charge >= 0.3 is 0 Å². The lowest BCUT2D eigenvalue weighted by Crippen LogP contribution is -2.30. The maximum Gasteiger partial charge on any atom is 0.269 e. The van der Waals surface area contributed by atoms with Crippen molar-refractivity contribution in [1.82, 2.24) is 5.32 Å². The molecule has 112 valence electrons. The van der Waals surface area contributed by atoms with E-state index >= 15 is 0 Å². The molecule has 20 heavy (non-hydrogen) atoms. The second-order valence-corrected chi connectivity index (χ2v) is 5.14. The first kappa shape index (κ1) is 16.6. The number of nitrogens with one attached hydrogen (secondary N) is 1. The molecule has 1 atom stereocenters. The first-order valence-corrected chi connectivity index (χ1v) is 6.69. The Hall–Kier alpha value is -1.50. The normalized spacial score (nSPS) is 12.6. The van der Waals surface area contributed by atoms with Gasteiger partial charge in [0.25, 0.3) is 5.69 Å². The molecule has 1 aromatic rings. The fourth-order valence-corrected chi connectivity index (χ4v) is 1.66. The van der Waals surface area contributed by atoms with Crippen LogP contribution in [0.3, 0.4) is 0 Å². The highest BCUT2D eigenvalue weighted by Crippen LogP contribution is 2.12. The van der Waals surface area contributed by atoms with Crippen LogP contribution in [0.1, 0.15) is 19.4 Å². The van der Waals surface area contributed by atoms with Crippen molar-refractivity contribution < 1.29 is 14.8 Å². The smallest absolute Gasteiger partial charge is 0.269 e. The molecule has 0 aliphatic rings. The summed E-state index contributed by atoms with van der Waals surface area (Å²) in [6.45, 7) is 5.88. The van der Waals surface area contributed by atoms with Crippen LogP contribution in [0.2, 0.25) is 0 Å².